The molecule has 0 aliphatic carbocycles. The lowest BCUT2D eigenvalue weighted by molar-refractivity contribution is -0.384. The van der Waals surface area contributed by atoms with Crippen molar-refractivity contribution < 1.29 is 9.72 Å². The van der Waals surface area contributed by atoms with E-state index in [1.807, 2.05) is 19.9 Å². The van der Waals surface area contributed by atoms with Crippen LogP contribution in [0.25, 0.3) is 0 Å². The van der Waals surface area contributed by atoms with Crippen LogP contribution >= 0.6 is 15.9 Å². The fraction of sp³-hybridized carbons (Fsp3) is 0.500. The molecule has 0 atom stereocenters. The minimum absolute atomic E-state index is 0.0195. The summed E-state index contributed by atoms with van der Waals surface area (Å²) in [6.07, 6.45) is 0. The van der Waals surface area contributed by atoms with E-state index in [-0.39, 0.29) is 22.9 Å². The topological polar surface area (TPSA) is 63.5 Å². The summed E-state index contributed by atoms with van der Waals surface area (Å²) in [5, 5.41) is 11.3. The Morgan fingerprint density at radius 1 is 1.45 bits per heavy atom. The maximum Gasteiger partial charge on any atom is 0.294 e. The van der Waals surface area contributed by atoms with Crippen molar-refractivity contribution in [2.45, 2.75) is 33.1 Å². The molecule has 0 aromatic heterocycles. The van der Waals surface area contributed by atoms with Gasteiger partial charge in [-0.1, -0.05) is 43.6 Å². The van der Waals surface area contributed by atoms with Crippen molar-refractivity contribution in [1.29, 1.82) is 0 Å². The number of nitro groups is 1. The number of nitrogens with zero attached hydrogens (tertiary/aromatic N) is 2. The molecule has 108 valence electrons. The summed E-state index contributed by atoms with van der Waals surface area (Å²) < 4.78 is 0.662. The number of carbonyl (C=O) groups is 1. The second-order valence-corrected chi connectivity index (χ2v) is 6.96. The summed E-state index contributed by atoms with van der Waals surface area (Å²) in [6, 6.07) is 3.33. The smallest absolute Gasteiger partial charge is 0.294 e. The van der Waals surface area contributed by atoms with Crippen LogP contribution in [0, 0.1) is 16.0 Å². The number of fused-ring (bicyclic) bond motifs is 1. The first-order chi connectivity index (χ1) is 9.15. The van der Waals surface area contributed by atoms with Crippen molar-refractivity contribution in [3.63, 3.8) is 0 Å². The quantitative estimate of drug-likeness (QED) is 0.609. The number of carbonyl (C=O) groups excluding carboxylic acids is 1. The molecule has 0 saturated heterocycles. The largest absolute Gasteiger partial charge is 0.305 e. The Morgan fingerprint density at radius 3 is 2.55 bits per heavy atom. The molecule has 1 aromatic carbocycles. The van der Waals surface area contributed by atoms with E-state index < -0.39 is 4.92 Å². The zero-order valence-electron chi connectivity index (χ0n) is 11.9. The Hall–Kier alpha value is -1.43. The van der Waals surface area contributed by atoms with Gasteiger partial charge in [-0.3, -0.25) is 14.9 Å². The van der Waals surface area contributed by atoms with Crippen LogP contribution in [0.1, 0.15) is 33.3 Å². The lowest BCUT2D eigenvalue weighted by Crippen LogP contribution is -2.36. The highest BCUT2D eigenvalue weighted by atomic mass is 79.9. The second-order valence-electron chi connectivity index (χ2n) is 6.04. The van der Waals surface area contributed by atoms with E-state index >= 15 is 0 Å². The van der Waals surface area contributed by atoms with Crippen LogP contribution in [-0.4, -0.2) is 17.4 Å². The molecule has 1 aliphatic heterocycles. The average molecular weight is 341 g/mol. The lowest BCUT2D eigenvalue weighted by Gasteiger charge is -2.22. The molecule has 6 heteroatoms. The maximum absolute atomic E-state index is 12.3. The first kappa shape index (κ1) is 15.0. The van der Waals surface area contributed by atoms with Crippen LogP contribution in [0.15, 0.2) is 16.6 Å². The zero-order valence-corrected chi connectivity index (χ0v) is 13.5. The molecule has 0 spiro atoms. The van der Waals surface area contributed by atoms with Crippen molar-refractivity contribution in [2.24, 2.45) is 5.92 Å². The van der Waals surface area contributed by atoms with Gasteiger partial charge in [-0.25, -0.2) is 0 Å². The van der Waals surface area contributed by atoms with Gasteiger partial charge in [-0.15, -0.1) is 0 Å². The normalized spacial score (nSPS) is 16.4. The van der Waals surface area contributed by atoms with Crippen LogP contribution < -0.4 is 4.90 Å². The van der Waals surface area contributed by atoms with Crippen LogP contribution in [0.4, 0.5) is 11.4 Å². The monoisotopic (exact) mass is 340 g/mol. The number of hydrogen-bond acceptors (Lipinski definition) is 3. The number of halogens is 1. The number of nitro benzene ring substituents is 1. The first-order valence-electron chi connectivity index (χ1n) is 6.45. The highest BCUT2D eigenvalue weighted by Crippen LogP contribution is 2.47. The minimum atomic E-state index is -0.425. The molecule has 1 amide bonds. The summed E-state index contributed by atoms with van der Waals surface area (Å²) in [7, 11) is 0. The predicted octanol–water partition coefficient (Wildman–Crippen LogP) is 3.64. The molecule has 0 N–H and O–H groups in total. The highest BCUT2D eigenvalue weighted by molar-refractivity contribution is 9.10. The fourth-order valence-corrected chi connectivity index (χ4v) is 3.03. The summed E-state index contributed by atoms with van der Waals surface area (Å²) in [5.74, 6) is -0.276. The molecule has 1 aromatic rings. The third kappa shape index (κ3) is 2.32. The van der Waals surface area contributed by atoms with Gasteiger partial charge < -0.3 is 4.90 Å². The van der Waals surface area contributed by atoms with Gasteiger partial charge in [0.15, 0.2) is 0 Å². The first-order valence-corrected chi connectivity index (χ1v) is 7.24. The molecule has 0 radical (unpaired) electrons. The van der Waals surface area contributed by atoms with Gasteiger partial charge in [0.2, 0.25) is 5.91 Å². The molecule has 0 unspecified atom stereocenters. The van der Waals surface area contributed by atoms with Crippen molar-refractivity contribution >= 4 is 33.2 Å². The number of hydrogen-bond donors (Lipinski definition) is 0. The van der Waals surface area contributed by atoms with E-state index in [0.29, 0.717) is 16.7 Å². The van der Waals surface area contributed by atoms with Crippen molar-refractivity contribution in [3.8, 4) is 0 Å². The highest BCUT2D eigenvalue weighted by Gasteiger charge is 2.43. The Kier molecular flexibility index (Phi) is 3.62. The maximum atomic E-state index is 12.3. The lowest BCUT2D eigenvalue weighted by atomic mass is 9.87. The van der Waals surface area contributed by atoms with E-state index in [9.17, 15) is 14.9 Å². The van der Waals surface area contributed by atoms with Crippen molar-refractivity contribution in [2.75, 3.05) is 11.4 Å². The zero-order chi connectivity index (χ0) is 15.2. The third-order valence-electron chi connectivity index (χ3n) is 3.56. The molecule has 0 fully saturated rings. The van der Waals surface area contributed by atoms with E-state index in [0.717, 1.165) is 5.56 Å². The van der Waals surface area contributed by atoms with E-state index in [1.165, 1.54) is 6.07 Å². The fourth-order valence-electron chi connectivity index (χ4n) is 2.58. The number of benzene rings is 1. The van der Waals surface area contributed by atoms with Crippen LogP contribution in [-0.2, 0) is 10.2 Å². The molecule has 0 bridgehead atoms. The van der Waals surface area contributed by atoms with Gasteiger partial charge in [0.05, 0.1) is 4.92 Å². The van der Waals surface area contributed by atoms with E-state index in [1.54, 1.807) is 18.7 Å². The SMILES string of the molecule is CC(C)C(=O)N1CC(C)(C)c2cc(Br)cc([N+](=O)[O-])c21. The summed E-state index contributed by atoms with van der Waals surface area (Å²) in [4.78, 5) is 24.8. The van der Waals surface area contributed by atoms with Crippen LogP contribution in [0.2, 0.25) is 0 Å². The Balaban J connectivity index is 2.70. The van der Waals surface area contributed by atoms with Gasteiger partial charge in [0.1, 0.15) is 5.69 Å². The number of anilines is 1. The average Bonchev–Trinajstić information content (AvgIpc) is 2.59. The van der Waals surface area contributed by atoms with Crippen LogP contribution in [0.3, 0.4) is 0 Å². The number of rotatable bonds is 2. The predicted molar refractivity (Wildman–Crippen MR) is 81.0 cm³/mol. The summed E-state index contributed by atoms with van der Waals surface area (Å²) >= 11 is 3.31. The summed E-state index contributed by atoms with van der Waals surface area (Å²) in [6.45, 7) is 8.07. The Bertz CT molecular complexity index is 596. The van der Waals surface area contributed by atoms with Gasteiger partial charge >= 0.3 is 0 Å². The van der Waals surface area contributed by atoms with Crippen LogP contribution in [0.5, 0.6) is 0 Å². The van der Waals surface area contributed by atoms with Crippen molar-refractivity contribution in [3.05, 3.63) is 32.3 Å². The molecular weight excluding hydrogens is 324 g/mol. The third-order valence-corrected chi connectivity index (χ3v) is 4.02. The standard InChI is InChI=1S/C14H17BrN2O3/c1-8(2)13(18)16-7-14(3,4)10-5-9(15)6-11(12(10)16)17(19)20/h5-6,8H,7H2,1-4H3. The van der Waals surface area contributed by atoms with Gasteiger partial charge in [-0.05, 0) is 11.6 Å². The molecule has 1 heterocycles. The van der Waals surface area contributed by atoms with E-state index in [4.69, 9.17) is 0 Å². The molecule has 2 rings (SSSR count). The van der Waals surface area contributed by atoms with Gasteiger partial charge in [-0.2, -0.15) is 0 Å². The molecule has 5 nitrogen and oxygen atoms in total. The molecule has 20 heavy (non-hydrogen) atoms. The van der Waals surface area contributed by atoms with Crippen molar-refractivity contribution in [1.82, 2.24) is 0 Å². The second kappa shape index (κ2) is 4.84. The molecule has 1 aliphatic rings. The molecule has 0 saturated carbocycles. The van der Waals surface area contributed by atoms with Gasteiger partial charge in [0.25, 0.3) is 5.69 Å². The summed E-state index contributed by atoms with van der Waals surface area (Å²) in [5.41, 5.74) is 0.970. The van der Waals surface area contributed by atoms with Gasteiger partial charge in [0, 0.05) is 28.4 Å². The Labute approximate surface area is 126 Å². The Morgan fingerprint density at radius 2 is 2.05 bits per heavy atom. The molecular formula is C14H17BrN2O3. The van der Waals surface area contributed by atoms with E-state index in [2.05, 4.69) is 15.9 Å². The number of amides is 1. The minimum Gasteiger partial charge on any atom is -0.305 e.